The molecule has 0 radical (unpaired) electrons. The number of benzene rings is 2. The summed E-state index contributed by atoms with van der Waals surface area (Å²) in [5.41, 5.74) is 2.14. The molecule has 0 amide bonds. The van der Waals surface area contributed by atoms with E-state index in [1.165, 1.54) is 5.69 Å². The molecule has 1 fully saturated rings. The molecule has 0 saturated carbocycles. The topological polar surface area (TPSA) is 28.6 Å². The second-order valence-corrected chi connectivity index (χ2v) is 7.12. The highest BCUT2D eigenvalue weighted by Crippen LogP contribution is 2.38. The fourth-order valence-corrected chi connectivity index (χ4v) is 4.34. The predicted octanol–water partition coefficient (Wildman–Crippen LogP) is 4.71. The van der Waals surface area contributed by atoms with Crippen molar-refractivity contribution in [3.05, 3.63) is 47.5 Å². The molecule has 132 valence electrons. The van der Waals surface area contributed by atoms with Gasteiger partial charge in [0.25, 0.3) is 0 Å². The fourth-order valence-electron chi connectivity index (χ4n) is 3.04. The molecule has 0 spiro atoms. The zero-order valence-electron chi connectivity index (χ0n) is 13.8. The number of thiazole rings is 1. The van der Waals surface area contributed by atoms with Gasteiger partial charge in [-0.05, 0) is 24.3 Å². The first-order valence-corrected chi connectivity index (χ1v) is 9.13. The third-order valence-corrected chi connectivity index (χ3v) is 5.92. The van der Waals surface area contributed by atoms with Gasteiger partial charge in [-0.15, -0.1) is 12.4 Å². The van der Waals surface area contributed by atoms with E-state index in [1.807, 2.05) is 12.1 Å². The first kappa shape index (κ1) is 18.1. The SMILES string of the molecule is COc1ccc(Cl)c2sc(N3CCN(c4ccccc4)CC3)nc12.Cl. The largest absolute Gasteiger partial charge is 0.494 e. The molecule has 0 atom stereocenters. The maximum Gasteiger partial charge on any atom is 0.186 e. The van der Waals surface area contributed by atoms with Gasteiger partial charge >= 0.3 is 0 Å². The van der Waals surface area contributed by atoms with E-state index >= 15 is 0 Å². The number of piperazine rings is 1. The van der Waals surface area contributed by atoms with Crippen molar-refractivity contribution >= 4 is 56.4 Å². The Morgan fingerprint density at radius 3 is 2.36 bits per heavy atom. The molecular weight excluding hydrogens is 377 g/mol. The van der Waals surface area contributed by atoms with Crippen molar-refractivity contribution in [2.24, 2.45) is 0 Å². The number of aromatic nitrogens is 1. The Bertz CT molecular complexity index is 848. The number of fused-ring (bicyclic) bond motifs is 1. The van der Waals surface area contributed by atoms with Crippen molar-refractivity contribution in [1.29, 1.82) is 0 Å². The highest BCUT2D eigenvalue weighted by molar-refractivity contribution is 7.22. The first-order chi connectivity index (χ1) is 11.8. The van der Waals surface area contributed by atoms with Crippen molar-refractivity contribution in [3.8, 4) is 5.75 Å². The number of methoxy groups -OCH3 is 1. The van der Waals surface area contributed by atoms with Gasteiger partial charge in [0.05, 0.1) is 16.8 Å². The lowest BCUT2D eigenvalue weighted by molar-refractivity contribution is 0.419. The molecule has 3 aromatic rings. The lowest BCUT2D eigenvalue weighted by Crippen LogP contribution is -2.46. The minimum Gasteiger partial charge on any atom is -0.494 e. The molecule has 2 aromatic carbocycles. The summed E-state index contributed by atoms with van der Waals surface area (Å²) in [6.45, 7) is 3.89. The molecule has 4 nitrogen and oxygen atoms in total. The smallest absolute Gasteiger partial charge is 0.186 e. The number of ether oxygens (including phenoxy) is 1. The minimum atomic E-state index is 0. The predicted molar refractivity (Wildman–Crippen MR) is 109 cm³/mol. The van der Waals surface area contributed by atoms with Gasteiger partial charge in [0, 0.05) is 31.9 Å². The molecular formula is C18H19Cl2N3OS. The standard InChI is InChI=1S/C18H18ClN3OS.ClH/c1-23-15-8-7-14(19)17-16(15)20-18(24-17)22-11-9-21(10-12-22)13-5-3-2-4-6-13;/h2-8H,9-12H2,1H3;1H. The van der Waals surface area contributed by atoms with Crippen LogP contribution in [0.5, 0.6) is 5.75 Å². The Morgan fingerprint density at radius 2 is 1.68 bits per heavy atom. The Balaban J connectivity index is 0.00000182. The van der Waals surface area contributed by atoms with E-state index in [-0.39, 0.29) is 12.4 Å². The molecule has 25 heavy (non-hydrogen) atoms. The third-order valence-electron chi connectivity index (χ3n) is 4.34. The number of anilines is 2. The Hall–Kier alpha value is -1.69. The molecule has 0 bridgehead atoms. The molecule has 7 heteroatoms. The third kappa shape index (κ3) is 3.50. The Kier molecular flexibility index (Phi) is 5.57. The van der Waals surface area contributed by atoms with Crippen molar-refractivity contribution in [3.63, 3.8) is 0 Å². The van der Waals surface area contributed by atoms with Crippen LogP contribution in [0.15, 0.2) is 42.5 Å². The zero-order chi connectivity index (χ0) is 16.5. The fraction of sp³-hybridized carbons (Fsp3) is 0.278. The highest BCUT2D eigenvalue weighted by Gasteiger charge is 2.21. The van der Waals surface area contributed by atoms with Crippen LogP contribution in [0.3, 0.4) is 0 Å². The van der Waals surface area contributed by atoms with Gasteiger partial charge in [-0.25, -0.2) is 4.98 Å². The van der Waals surface area contributed by atoms with E-state index in [1.54, 1.807) is 18.4 Å². The van der Waals surface area contributed by atoms with Gasteiger partial charge in [0.1, 0.15) is 11.3 Å². The second-order valence-electron chi connectivity index (χ2n) is 5.73. The molecule has 0 aliphatic carbocycles. The lowest BCUT2D eigenvalue weighted by Gasteiger charge is -2.35. The Morgan fingerprint density at radius 1 is 1.00 bits per heavy atom. The van der Waals surface area contributed by atoms with Gasteiger partial charge in [-0.1, -0.05) is 41.1 Å². The monoisotopic (exact) mass is 395 g/mol. The maximum absolute atomic E-state index is 6.33. The molecule has 0 N–H and O–H groups in total. The molecule has 1 aromatic heterocycles. The highest BCUT2D eigenvalue weighted by atomic mass is 35.5. The van der Waals surface area contributed by atoms with Crippen LogP contribution < -0.4 is 14.5 Å². The summed E-state index contributed by atoms with van der Waals surface area (Å²) >= 11 is 7.97. The van der Waals surface area contributed by atoms with Crippen molar-refractivity contribution in [2.75, 3.05) is 43.1 Å². The van der Waals surface area contributed by atoms with E-state index in [4.69, 9.17) is 21.3 Å². The molecule has 1 saturated heterocycles. The van der Waals surface area contributed by atoms with Gasteiger partial charge in [0.15, 0.2) is 5.13 Å². The van der Waals surface area contributed by atoms with E-state index in [2.05, 4.69) is 40.1 Å². The van der Waals surface area contributed by atoms with E-state index in [9.17, 15) is 0 Å². The van der Waals surface area contributed by atoms with Gasteiger partial charge < -0.3 is 14.5 Å². The number of hydrogen-bond acceptors (Lipinski definition) is 5. The average Bonchev–Trinajstić information content (AvgIpc) is 3.09. The first-order valence-electron chi connectivity index (χ1n) is 7.94. The number of halogens is 2. The number of rotatable bonds is 3. The van der Waals surface area contributed by atoms with Crippen LogP contribution in [0.1, 0.15) is 0 Å². The van der Waals surface area contributed by atoms with Gasteiger partial charge in [-0.3, -0.25) is 0 Å². The minimum absolute atomic E-state index is 0. The summed E-state index contributed by atoms with van der Waals surface area (Å²) in [4.78, 5) is 9.53. The van der Waals surface area contributed by atoms with E-state index in [0.717, 1.165) is 52.3 Å². The summed E-state index contributed by atoms with van der Waals surface area (Å²) in [7, 11) is 1.67. The van der Waals surface area contributed by atoms with Crippen LogP contribution in [-0.2, 0) is 0 Å². The van der Waals surface area contributed by atoms with Crippen LogP contribution >= 0.6 is 35.3 Å². The van der Waals surface area contributed by atoms with Gasteiger partial charge in [0.2, 0.25) is 0 Å². The number of para-hydroxylation sites is 1. The van der Waals surface area contributed by atoms with Crippen molar-refractivity contribution < 1.29 is 4.74 Å². The molecule has 1 aliphatic rings. The van der Waals surface area contributed by atoms with Crippen LogP contribution in [0.2, 0.25) is 5.02 Å². The zero-order valence-corrected chi connectivity index (χ0v) is 16.2. The molecule has 4 rings (SSSR count). The van der Waals surface area contributed by atoms with Crippen LogP contribution in [0, 0.1) is 0 Å². The second kappa shape index (κ2) is 7.68. The summed E-state index contributed by atoms with van der Waals surface area (Å²) in [5, 5.41) is 1.75. The van der Waals surface area contributed by atoms with Crippen molar-refractivity contribution in [2.45, 2.75) is 0 Å². The molecule has 0 unspecified atom stereocenters. The Labute approximate surface area is 162 Å². The summed E-state index contributed by atoms with van der Waals surface area (Å²) in [6.07, 6.45) is 0. The average molecular weight is 396 g/mol. The summed E-state index contributed by atoms with van der Waals surface area (Å²) in [6, 6.07) is 14.3. The van der Waals surface area contributed by atoms with E-state index in [0.29, 0.717) is 0 Å². The molecule has 2 heterocycles. The number of hydrogen-bond donors (Lipinski definition) is 0. The number of nitrogens with zero attached hydrogens (tertiary/aromatic N) is 3. The van der Waals surface area contributed by atoms with Crippen LogP contribution in [-0.4, -0.2) is 38.3 Å². The van der Waals surface area contributed by atoms with Gasteiger partial charge in [-0.2, -0.15) is 0 Å². The van der Waals surface area contributed by atoms with Crippen molar-refractivity contribution in [1.82, 2.24) is 4.98 Å². The summed E-state index contributed by atoms with van der Waals surface area (Å²) < 4.78 is 6.41. The van der Waals surface area contributed by atoms with E-state index < -0.39 is 0 Å². The molecule has 1 aliphatic heterocycles. The quantitative estimate of drug-likeness (QED) is 0.641. The lowest BCUT2D eigenvalue weighted by atomic mass is 10.2. The maximum atomic E-state index is 6.33. The normalized spacial score (nSPS) is 14.5. The van der Waals surface area contributed by atoms with Crippen LogP contribution in [0.25, 0.3) is 10.2 Å². The van der Waals surface area contributed by atoms with Crippen LogP contribution in [0.4, 0.5) is 10.8 Å². The summed E-state index contributed by atoms with van der Waals surface area (Å²) in [5.74, 6) is 0.778.